The van der Waals surface area contributed by atoms with E-state index in [1.54, 1.807) is 0 Å². The summed E-state index contributed by atoms with van der Waals surface area (Å²) in [7, 11) is 2.07. The van der Waals surface area contributed by atoms with E-state index in [0.717, 1.165) is 5.70 Å². The molecule has 0 radical (unpaired) electrons. The van der Waals surface area contributed by atoms with Gasteiger partial charge in [0.05, 0.1) is 0 Å². The van der Waals surface area contributed by atoms with Crippen LogP contribution in [0.15, 0.2) is 23.5 Å². The lowest BCUT2D eigenvalue weighted by Gasteiger charge is -2.28. The molecule has 2 heteroatoms. The van der Waals surface area contributed by atoms with Crippen molar-refractivity contribution < 1.29 is 0 Å². The predicted octanol–water partition coefficient (Wildman–Crippen LogP) is 1.07. The molecule has 0 spiro atoms. The van der Waals surface area contributed by atoms with Crippen LogP contribution in [0.5, 0.6) is 0 Å². The summed E-state index contributed by atoms with van der Waals surface area (Å²) in [6.07, 6.45) is 4.03. The van der Waals surface area contributed by atoms with Gasteiger partial charge in [-0.25, -0.2) is 0 Å². The first-order chi connectivity index (χ1) is 4.61. The van der Waals surface area contributed by atoms with Gasteiger partial charge in [-0.15, -0.1) is 0 Å². The van der Waals surface area contributed by atoms with Gasteiger partial charge in [-0.1, -0.05) is 0 Å². The second-order valence-electron chi connectivity index (χ2n) is 2.80. The van der Waals surface area contributed by atoms with E-state index in [-0.39, 0.29) is 0 Å². The molecule has 10 heavy (non-hydrogen) atoms. The average Bonchev–Trinajstić information content (AvgIpc) is 1.82. The number of rotatable bonds is 0. The maximum absolute atomic E-state index is 5.64. The fraction of sp³-hybridized carbons (Fsp3) is 0.500. The third-order valence-electron chi connectivity index (χ3n) is 1.98. The van der Waals surface area contributed by atoms with Crippen molar-refractivity contribution in [3.8, 4) is 0 Å². The van der Waals surface area contributed by atoms with Crippen molar-refractivity contribution in [2.75, 3.05) is 7.05 Å². The van der Waals surface area contributed by atoms with Crippen molar-refractivity contribution in [2.24, 2.45) is 5.73 Å². The summed E-state index contributed by atoms with van der Waals surface area (Å²) < 4.78 is 0. The topological polar surface area (TPSA) is 29.3 Å². The predicted molar refractivity (Wildman–Crippen MR) is 43.3 cm³/mol. The number of allylic oxidation sites excluding steroid dienone is 2. The van der Waals surface area contributed by atoms with Gasteiger partial charge >= 0.3 is 0 Å². The smallest absolute Gasteiger partial charge is 0.0461 e. The van der Waals surface area contributed by atoms with Gasteiger partial charge < -0.3 is 10.6 Å². The van der Waals surface area contributed by atoms with Gasteiger partial charge in [0.25, 0.3) is 0 Å². The van der Waals surface area contributed by atoms with E-state index in [0.29, 0.717) is 6.04 Å². The molecule has 2 nitrogen and oxygen atoms in total. The molecule has 56 valence electrons. The lowest BCUT2D eigenvalue weighted by molar-refractivity contribution is 0.366. The van der Waals surface area contributed by atoms with Gasteiger partial charge in [0.2, 0.25) is 0 Å². The Kier molecular flexibility index (Phi) is 1.70. The summed E-state index contributed by atoms with van der Waals surface area (Å²) in [6, 6.07) is 0.435. The van der Waals surface area contributed by atoms with Gasteiger partial charge in [-0.2, -0.15) is 0 Å². The molecule has 1 aliphatic heterocycles. The van der Waals surface area contributed by atoms with Crippen LogP contribution in [0.1, 0.15) is 13.8 Å². The van der Waals surface area contributed by atoms with E-state index in [2.05, 4.69) is 25.8 Å². The Bertz CT molecular complexity index is 191. The molecule has 0 aliphatic carbocycles. The molecule has 1 heterocycles. The number of nitrogens with two attached hydrogens (primary N) is 1. The second-order valence-corrected chi connectivity index (χ2v) is 2.80. The Morgan fingerprint density at radius 1 is 1.60 bits per heavy atom. The summed E-state index contributed by atoms with van der Waals surface area (Å²) in [5, 5.41) is 0. The van der Waals surface area contributed by atoms with Crippen LogP contribution in [0.4, 0.5) is 0 Å². The largest absolute Gasteiger partial charge is 0.399 e. The lowest BCUT2D eigenvalue weighted by atomic mass is 10.1. The highest BCUT2D eigenvalue weighted by molar-refractivity contribution is 5.25. The number of hydrogen-bond acceptors (Lipinski definition) is 2. The zero-order valence-electron chi connectivity index (χ0n) is 6.76. The minimum Gasteiger partial charge on any atom is -0.399 e. The average molecular weight is 138 g/mol. The Balaban J connectivity index is 2.85. The van der Waals surface area contributed by atoms with E-state index in [1.165, 1.54) is 5.70 Å². The monoisotopic (exact) mass is 138 g/mol. The summed E-state index contributed by atoms with van der Waals surface area (Å²) in [4.78, 5) is 2.19. The maximum Gasteiger partial charge on any atom is 0.0461 e. The van der Waals surface area contributed by atoms with Crippen LogP contribution >= 0.6 is 0 Å². The molecular formula is C8H14N2. The Hall–Kier alpha value is -0.920. The van der Waals surface area contributed by atoms with Crippen LogP contribution in [0, 0.1) is 0 Å². The normalized spacial score (nSPS) is 25.9. The lowest BCUT2D eigenvalue weighted by Crippen LogP contribution is -2.29. The minimum atomic E-state index is 0.435. The van der Waals surface area contributed by atoms with Gasteiger partial charge in [0.1, 0.15) is 0 Å². The Labute approximate surface area is 62.0 Å². The highest BCUT2D eigenvalue weighted by atomic mass is 15.1. The van der Waals surface area contributed by atoms with Crippen LogP contribution in [0.2, 0.25) is 0 Å². The summed E-state index contributed by atoms with van der Waals surface area (Å²) >= 11 is 0. The van der Waals surface area contributed by atoms with Crippen LogP contribution < -0.4 is 5.73 Å². The minimum absolute atomic E-state index is 0.435. The summed E-state index contributed by atoms with van der Waals surface area (Å²) in [6.45, 7) is 4.19. The molecule has 0 aromatic carbocycles. The molecule has 1 unspecified atom stereocenters. The molecule has 0 fully saturated rings. The highest BCUT2D eigenvalue weighted by Crippen LogP contribution is 2.14. The van der Waals surface area contributed by atoms with Crippen LogP contribution in [0.25, 0.3) is 0 Å². The first-order valence-electron chi connectivity index (χ1n) is 3.49. The fourth-order valence-corrected chi connectivity index (χ4v) is 1.10. The second kappa shape index (κ2) is 2.37. The number of hydrogen-bond donors (Lipinski definition) is 1. The van der Waals surface area contributed by atoms with E-state index in [4.69, 9.17) is 5.73 Å². The zero-order chi connectivity index (χ0) is 7.72. The van der Waals surface area contributed by atoms with Crippen molar-refractivity contribution in [1.29, 1.82) is 0 Å². The van der Waals surface area contributed by atoms with Crippen molar-refractivity contribution in [1.82, 2.24) is 4.90 Å². The molecule has 0 saturated carbocycles. The summed E-state index contributed by atoms with van der Waals surface area (Å²) in [5.41, 5.74) is 7.74. The molecule has 2 N–H and O–H groups in total. The van der Waals surface area contributed by atoms with Crippen LogP contribution in [0.3, 0.4) is 0 Å². The first-order valence-corrected chi connectivity index (χ1v) is 3.49. The Morgan fingerprint density at radius 3 is 2.70 bits per heavy atom. The summed E-state index contributed by atoms with van der Waals surface area (Å²) in [5.74, 6) is 0. The molecule has 1 atom stereocenters. The third kappa shape index (κ3) is 1.15. The number of likely N-dealkylation sites (N-methyl/N-ethyl adjacent to an activating group) is 1. The van der Waals surface area contributed by atoms with Gasteiger partial charge in [0.15, 0.2) is 0 Å². The molecule has 0 aromatic heterocycles. The van der Waals surface area contributed by atoms with E-state index in [9.17, 15) is 0 Å². The Morgan fingerprint density at radius 2 is 2.20 bits per heavy atom. The molecule has 0 amide bonds. The molecule has 1 rings (SSSR count). The quantitative estimate of drug-likeness (QED) is 0.542. The van der Waals surface area contributed by atoms with Crippen molar-refractivity contribution >= 4 is 0 Å². The van der Waals surface area contributed by atoms with Gasteiger partial charge in [-0.3, -0.25) is 0 Å². The SMILES string of the molecule is CC1=CC(N)=CC(C)N1C. The van der Waals surface area contributed by atoms with Crippen LogP contribution in [-0.2, 0) is 0 Å². The molecular weight excluding hydrogens is 124 g/mol. The van der Waals surface area contributed by atoms with Gasteiger partial charge in [0, 0.05) is 24.5 Å². The molecule has 0 saturated heterocycles. The van der Waals surface area contributed by atoms with Crippen molar-refractivity contribution in [2.45, 2.75) is 19.9 Å². The first kappa shape index (κ1) is 7.19. The molecule has 1 aliphatic rings. The fourth-order valence-electron chi connectivity index (χ4n) is 1.10. The molecule has 0 bridgehead atoms. The van der Waals surface area contributed by atoms with E-state index in [1.807, 2.05) is 12.2 Å². The highest BCUT2D eigenvalue weighted by Gasteiger charge is 2.10. The van der Waals surface area contributed by atoms with Crippen LogP contribution in [-0.4, -0.2) is 18.0 Å². The maximum atomic E-state index is 5.64. The van der Waals surface area contributed by atoms with Crippen molar-refractivity contribution in [3.05, 3.63) is 23.5 Å². The van der Waals surface area contributed by atoms with E-state index < -0.39 is 0 Å². The number of nitrogens with zero attached hydrogens (tertiary/aromatic N) is 1. The molecule has 0 aromatic rings. The van der Waals surface area contributed by atoms with E-state index >= 15 is 0 Å². The third-order valence-corrected chi connectivity index (χ3v) is 1.98. The standard InChI is InChI=1S/C8H14N2/c1-6-4-8(9)5-7(2)10(6)3/h4-6H,9H2,1-3H3. The van der Waals surface area contributed by atoms with Gasteiger partial charge in [-0.05, 0) is 26.0 Å². The van der Waals surface area contributed by atoms with Crippen molar-refractivity contribution in [3.63, 3.8) is 0 Å². The zero-order valence-corrected chi connectivity index (χ0v) is 6.76.